The molecule has 0 radical (unpaired) electrons. The number of ether oxygens (including phenoxy) is 1. The second kappa shape index (κ2) is 6.59. The lowest BCUT2D eigenvalue weighted by Crippen LogP contribution is -2.35. The molecule has 0 spiro atoms. The predicted molar refractivity (Wildman–Crippen MR) is 69.8 cm³/mol. The number of halogens is 3. The Hall–Kier alpha value is -2.06. The van der Waals surface area contributed by atoms with Crippen LogP contribution in [-0.2, 0) is 10.9 Å². The van der Waals surface area contributed by atoms with Gasteiger partial charge in [0.05, 0.1) is 0 Å². The van der Waals surface area contributed by atoms with Crippen LogP contribution in [0.3, 0.4) is 0 Å². The van der Waals surface area contributed by atoms with Crippen LogP contribution < -0.4 is 10.6 Å². The van der Waals surface area contributed by atoms with Gasteiger partial charge in [-0.15, -0.1) is 0 Å². The standard InChI is InChI=1S/C12H17F3N4O2/c1-11(2,3)21-10(20)17-5-4-16-9-6-8(12(13,14)15)18-7-19-9/h6-7H,4-5H2,1-3H3,(H,17,20)(H,16,18,19). The molecule has 0 bridgehead atoms. The van der Waals surface area contributed by atoms with Crippen LogP contribution in [0.1, 0.15) is 26.5 Å². The molecule has 118 valence electrons. The third-order valence-corrected chi connectivity index (χ3v) is 2.06. The second-order valence-corrected chi connectivity index (χ2v) is 5.14. The SMILES string of the molecule is CC(C)(C)OC(=O)NCCNc1cc(C(F)(F)F)ncn1. The highest BCUT2D eigenvalue weighted by Gasteiger charge is 2.32. The molecule has 0 unspecified atom stereocenters. The maximum Gasteiger partial charge on any atom is 0.433 e. The summed E-state index contributed by atoms with van der Waals surface area (Å²) in [7, 11) is 0. The van der Waals surface area contributed by atoms with E-state index in [1.807, 2.05) is 0 Å². The van der Waals surface area contributed by atoms with Crippen molar-refractivity contribution in [3.8, 4) is 0 Å². The lowest BCUT2D eigenvalue weighted by Gasteiger charge is -2.19. The van der Waals surface area contributed by atoms with Gasteiger partial charge in [-0.3, -0.25) is 0 Å². The zero-order chi connectivity index (χ0) is 16.1. The minimum atomic E-state index is -4.52. The van der Waals surface area contributed by atoms with E-state index < -0.39 is 23.6 Å². The maximum atomic E-state index is 12.4. The van der Waals surface area contributed by atoms with Crippen molar-refractivity contribution in [3.05, 3.63) is 18.1 Å². The number of alkyl carbamates (subject to hydrolysis) is 1. The molecule has 0 saturated heterocycles. The number of nitrogens with zero attached hydrogens (tertiary/aromatic N) is 2. The van der Waals surface area contributed by atoms with E-state index in [0.29, 0.717) is 0 Å². The summed E-state index contributed by atoms with van der Waals surface area (Å²) in [6, 6.07) is 0.799. The maximum absolute atomic E-state index is 12.4. The highest BCUT2D eigenvalue weighted by molar-refractivity contribution is 5.67. The Morgan fingerprint density at radius 2 is 1.90 bits per heavy atom. The van der Waals surface area contributed by atoms with Gasteiger partial charge in [-0.25, -0.2) is 14.8 Å². The average molecular weight is 306 g/mol. The van der Waals surface area contributed by atoms with Crippen LogP contribution in [0.5, 0.6) is 0 Å². The third kappa shape index (κ3) is 6.77. The molecule has 1 aromatic heterocycles. The number of nitrogens with one attached hydrogen (secondary N) is 2. The Bertz CT molecular complexity index is 486. The van der Waals surface area contributed by atoms with E-state index in [2.05, 4.69) is 20.6 Å². The van der Waals surface area contributed by atoms with Crippen LogP contribution in [0, 0.1) is 0 Å². The van der Waals surface area contributed by atoms with Gasteiger partial charge in [0.2, 0.25) is 0 Å². The lowest BCUT2D eigenvalue weighted by molar-refractivity contribution is -0.141. The number of aromatic nitrogens is 2. The summed E-state index contributed by atoms with van der Waals surface area (Å²) in [4.78, 5) is 18.1. The van der Waals surface area contributed by atoms with Gasteiger partial charge < -0.3 is 15.4 Å². The highest BCUT2D eigenvalue weighted by atomic mass is 19.4. The van der Waals surface area contributed by atoms with E-state index >= 15 is 0 Å². The quantitative estimate of drug-likeness (QED) is 0.836. The zero-order valence-electron chi connectivity index (χ0n) is 11.9. The zero-order valence-corrected chi connectivity index (χ0v) is 11.9. The first-order valence-corrected chi connectivity index (χ1v) is 6.18. The minimum Gasteiger partial charge on any atom is -0.444 e. The fraction of sp³-hybridized carbons (Fsp3) is 0.583. The first-order chi connectivity index (χ1) is 9.58. The van der Waals surface area contributed by atoms with Crippen LogP contribution >= 0.6 is 0 Å². The van der Waals surface area contributed by atoms with Crippen LogP contribution in [0.25, 0.3) is 0 Å². The van der Waals surface area contributed by atoms with Crippen molar-refractivity contribution >= 4 is 11.9 Å². The Balaban J connectivity index is 2.38. The van der Waals surface area contributed by atoms with Crippen molar-refractivity contribution in [2.45, 2.75) is 32.5 Å². The molecule has 0 fully saturated rings. The summed E-state index contributed by atoms with van der Waals surface area (Å²) in [5.41, 5.74) is -1.63. The number of rotatable bonds is 4. The molecule has 6 nitrogen and oxygen atoms in total. The summed E-state index contributed by atoms with van der Waals surface area (Å²) in [5, 5.41) is 5.12. The Morgan fingerprint density at radius 3 is 2.48 bits per heavy atom. The van der Waals surface area contributed by atoms with E-state index in [0.717, 1.165) is 12.4 Å². The summed E-state index contributed by atoms with van der Waals surface area (Å²) in [6.45, 7) is 5.56. The van der Waals surface area contributed by atoms with E-state index in [9.17, 15) is 18.0 Å². The second-order valence-electron chi connectivity index (χ2n) is 5.14. The molecule has 1 rings (SSSR count). The van der Waals surface area contributed by atoms with Crippen LogP contribution in [0.2, 0.25) is 0 Å². The summed E-state index contributed by atoms with van der Waals surface area (Å²) < 4.78 is 42.3. The van der Waals surface area contributed by atoms with Gasteiger partial charge in [-0.05, 0) is 20.8 Å². The molecule has 1 aromatic rings. The largest absolute Gasteiger partial charge is 0.444 e. The van der Waals surface area contributed by atoms with E-state index in [1.165, 1.54) is 0 Å². The summed E-state index contributed by atoms with van der Waals surface area (Å²) in [6.07, 6.45) is -4.29. The highest BCUT2D eigenvalue weighted by Crippen LogP contribution is 2.27. The van der Waals surface area contributed by atoms with Crippen LogP contribution in [-0.4, -0.2) is 34.8 Å². The van der Waals surface area contributed by atoms with Crippen molar-refractivity contribution in [1.82, 2.24) is 15.3 Å². The van der Waals surface area contributed by atoms with Crippen molar-refractivity contribution in [2.75, 3.05) is 18.4 Å². The number of anilines is 1. The van der Waals surface area contributed by atoms with Crippen LogP contribution in [0.15, 0.2) is 12.4 Å². The van der Waals surface area contributed by atoms with Crippen molar-refractivity contribution in [1.29, 1.82) is 0 Å². The first kappa shape index (κ1) is 17.0. The molecule has 0 atom stereocenters. The Labute approximate surface area is 120 Å². The van der Waals surface area contributed by atoms with Crippen molar-refractivity contribution in [2.24, 2.45) is 0 Å². The topological polar surface area (TPSA) is 76.1 Å². The smallest absolute Gasteiger partial charge is 0.433 e. The molecule has 0 aromatic carbocycles. The molecule has 0 aliphatic carbocycles. The van der Waals surface area contributed by atoms with Gasteiger partial charge in [-0.1, -0.05) is 0 Å². The molecule has 1 amide bonds. The van der Waals surface area contributed by atoms with Gasteiger partial charge in [0.15, 0.2) is 0 Å². The molecule has 1 heterocycles. The normalized spacial score (nSPS) is 11.9. The van der Waals surface area contributed by atoms with Crippen LogP contribution in [0.4, 0.5) is 23.8 Å². The molecule has 9 heteroatoms. The van der Waals surface area contributed by atoms with Gasteiger partial charge >= 0.3 is 12.3 Å². The number of hydrogen-bond donors (Lipinski definition) is 2. The number of alkyl halides is 3. The molecule has 0 saturated carbocycles. The number of carbonyl (C=O) groups is 1. The number of amides is 1. The number of carbonyl (C=O) groups excluding carboxylic acids is 1. The van der Waals surface area contributed by atoms with E-state index in [4.69, 9.17) is 4.74 Å². The van der Waals surface area contributed by atoms with Gasteiger partial charge in [-0.2, -0.15) is 13.2 Å². The third-order valence-electron chi connectivity index (χ3n) is 2.06. The summed E-state index contributed by atoms with van der Waals surface area (Å²) in [5.74, 6) is 0.0308. The fourth-order valence-electron chi connectivity index (χ4n) is 1.28. The van der Waals surface area contributed by atoms with Gasteiger partial charge in [0, 0.05) is 19.2 Å². The Morgan fingerprint density at radius 1 is 1.24 bits per heavy atom. The Kier molecular flexibility index (Phi) is 5.34. The fourth-order valence-corrected chi connectivity index (χ4v) is 1.28. The molecular weight excluding hydrogens is 289 g/mol. The lowest BCUT2D eigenvalue weighted by atomic mass is 10.2. The number of hydrogen-bond acceptors (Lipinski definition) is 5. The van der Waals surface area contributed by atoms with E-state index in [-0.39, 0.29) is 18.9 Å². The van der Waals surface area contributed by atoms with Gasteiger partial charge in [0.25, 0.3) is 0 Å². The van der Waals surface area contributed by atoms with Gasteiger partial charge in [0.1, 0.15) is 23.4 Å². The minimum absolute atomic E-state index is 0.0308. The first-order valence-electron chi connectivity index (χ1n) is 6.18. The molecule has 0 aliphatic heterocycles. The van der Waals surface area contributed by atoms with E-state index in [1.54, 1.807) is 20.8 Å². The van der Waals surface area contributed by atoms with Crippen molar-refractivity contribution < 1.29 is 22.7 Å². The molecule has 0 aliphatic rings. The predicted octanol–water partition coefficient (Wildman–Crippen LogP) is 2.43. The average Bonchev–Trinajstić information content (AvgIpc) is 2.32. The molecule has 2 N–H and O–H groups in total. The van der Waals surface area contributed by atoms with Crippen molar-refractivity contribution in [3.63, 3.8) is 0 Å². The molecule has 21 heavy (non-hydrogen) atoms. The monoisotopic (exact) mass is 306 g/mol. The summed E-state index contributed by atoms with van der Waals surface area (Å²) >= 11 is 0. The molecular formula is C12H17F3N4O2.